The van der Waals surface area contributed by atoms with Crippen molar-refractivity contribution in [2.45, 2.75) is 0 Å². The first-order chi connectivity index (χ1) is 13.5. The Morgan fingerprint density at radius 3 is 2.43 bits per heavy atom. The minimum Gasteiger partial charge on any atom is -0.268 e. The molecule has 3 aromatic carbocycles. The Labute approximate surface area is 180 Å². The molecule has 0 saturated heterocycles. The Balaban J connectivity index is 1.95. The number of benzene rings is 3. The molecule has 0 spiro atoms. The highest BCUT2D eigenvalue weighted by molar-refractivity contribution is 9.10. The molecule has 4 rings (SSSR count). The van der Waals surface area contributed by atoms with E-state index in [1.54, 1.807) is 24.3 Å². The van der Waals surface area contributed by atoms with Gasteiger partial charge >= 0.3 is 0 Å². The summed E-state index contributed by atoms with van der Waals surface area (Å²) in [6.45, 7) is 0. The Hall–Kier alpha value is -2.40. The number of hydrogen-bond donors (Lipinski definition) is 0. The molecule has 0 atom stereocenters. The van der Waals surface area contributed by atoms with Crippen LogP contribution in [0, 0.1) is 0 Å². The highest BCUT2D eigenvalue weighted by atomic mass is 79.9. The van der Waals surface area contributed by atoms with E-state index in [4.69, 9.17) is 23.2 Å². The lowest BCUT2D eigenvalue weighted by atomic mass is 10.2. The summed E-state index contributed by atoms with van der Waals surface area (Å²) in [4.78, 5) is 17.9. The van der Waals surface area contributed by atoms with Crippen LogP contribution in [0.3, 0.4) is 0 Å². The van der Waals surface area contributed by atoms with Crippen molar-refractivity contribution in [3.05, 3.63) is 103 Å². The Bertz CT molecular complexity index is 1260. The average Bonchev–Trinajstić information content (AvgIpc) is 2.69. The van der Waals surface area contributed by atoms with Gasteiger partial charge < -0.3 is 0 Å². The summed E-state index contributed by atoms with van der Waals surface area (Å²) < 4.78 is 2.51. The summed E-state index contributed by atoms with van der Waals surface area (Å²) in [7, 11) is 0. The lowest BCUT2D eigenvalue weighted by Gasteiger charge is -2.13. The van der Waals surface area contributed by atoms with E-state index in [0.29, 0.717) is 32.5 Å². The fourth-order valence-corrected chi connectivity index (χ4v) is 3.66. The zero-order chi connectivity index (χ0) is 19.7. The molecule has 0 aliphatic rings. The van der Waals surface area contributed by atoms with E-state index < -0.39 is 0 Å². The summed E-state index contributed by atoms with van der Waals surface area (Å²) in [5, 5.41) is 1.40. The summed E-state index contributed by atoms with van der Waals surface area (Å²) in [6, 6.07) is 20.1. The molecule has 0 fully saturated rings. The number of aromatic nitrogens is 2. The summed E-state index contributed by atoms with van der Waals surface area (Å²) in [6.07, 6.45) is 3.71. The van der Waals surface area contributed by atoms with Crippen LogP contribution in [-0.4, -0.2) is 9.55 Å². The van der Waals surface area contributed by atoms with Gasteiger partial charge in [0, 0.05) is 9.50 Å². The third-order valence-corrected chi connectivity index (χ3v) is 5.31. The van der Waals surface area contributed by atoms with Gasteiger partial charge in [0.2, 0.25) is 0 Å². The maximum absolute atomic E-state index is 13.2. The number of fused-ring (bicyclic) bond motifs is 1. The van der Waals surface area contributed by atoms with Crippen LogP contribution in [0.15, 0.2) is 76.0 Å². The van der Waals surface area contributed by atoms with Gasteiger partial charge in [-0.25, -0.2) is 4.98 Å². The normalized spacial score (nSPS) is 11.4. The minimum atomic E-state index is -0.190. The molecule has 1 aromatic heterocycles. The van der Waals surface area contributed by atoms with E-state index in [1.165, 1.54) is 4.57 Å². The quantitative estimate of drug-likeness (QED) is 0.336. The van der Waals surface area contributed by atoms with E-state index in [0.717, 1.165) is 10.0 Å². The summed E-state index contributed by atoms with van der Waals surface area (Å²) >= 11 is 15.8. The van der Waals surface area contributed by atoms with Crippen molar-refractivity contribution in [3.63, 3.8) is 0 Å². The zero-order valence-corrected chi connectivity index (χ0v) is 17.5. The molecule has 0 N–H and O–H groups in total. The van der Waals surface area contributed by atoms with Crippen molar-refractivity contribution < 1.29 is 0 Å². The number of nitrogens with zero attached hydrogens (tertiary/aromatic N) is 2. The molecule has 4 aromatic rings. The molecular formula is C22H13BrCl2N2O. The Morgan fingerprint density at radius 1 is 0.929 bits per heavy atom. The zero-order valence-electron chi connectivity index (χ0n) is 14.4. The first-order valence-electron chi connectivity index (χ1n) is 8.44. The van der Waals surface area contributed by atoms with Gasteiger partial charge in [0.1, 0.15) is 5.82 Å². The van der Waals surface area contributed by atoms with Crippen molar-refractivity contribution >= 4 is 62.2 Å². The fraction of sp³-hybridized carbons (Fsp3) is 0. The maximum atomic E-state index is 13.2. The Kier molecular flexibility index (Phi) is 5.36. The summed E-state index contributed by atoms with van der Waals surface area (Å²) in [5.41, 5.74) is 1.96. The first-order valence-corrected chi connectivity index (χ1v) is 9.99. The van der Waals surface area contributed by atoms with Crippen molar-refractivity contribution in [2.24, 2.45) is 0 Å². The Morgan fingerprint density at radius 2 is 1.68 bits per heavy atom. The van der Waals surface area contributed by atoms with E-state index in [2.05, 4.69) is 20.9 Å². The number of rotatable bonds is 3. The monoisotopic (exact) mass is 470 g/mol. The molecule has 1 heterocycles. The lowest BCUT2D eigenvalue weighted by molar-refractivity contribution is 0.944. The van der Waals surface area contributed by atoms with Crippen LogP contribution in [0.4, 0.5) is 0 Å². The molecule has 0 radical (unpaired) electrons. The predicted octanol–water partition coefficient (Wildman–Crippen LogP) is 6.63. The molecule has 138 valence electrons. The van der Waals surface area contributed by atoms with Gasteiger partial charge in [-0.05, 0) is 54.1 Å². The molecule has 0 aliphatic heterocycles. The van der Waals surface area contributed by atoms with E-state index in [1.807, 2.05) is 54.6 Å². The lowest BCUT2D eigenvalue weighted by Crippen LogP contribution is -2.22. The van der Waals surface area contributed by atoms with Crippen LogP contribution in [0.25, 0.3) is 28.7 Å². The molecule has 0 unspecified atom stereocenters. The van der Waals surface area contributed by atoms with Gasteiger partial charge in [-0.2, -0.15) is 0 Å². The highest BCUT2D eigenvalue weighted by Crippen LogP contribution is 2.25. The third-order valence-electron chi connectivity index (χ3n) is 4.25. The van der Waals surface area contributed by atoms with Crippen LogP contribution in [0.5, 0.6) is 0 Å². The van der Waals surface area contributed by atoms with Gasteiger partial charge in [-0.1, -0.05) is 69.5 Å². The van der Waals surface area contributed by atoms with Gasteiger partial charge in [-0.15, -0.1) is 0 Å². The largest absolute Gasteiger partial charge is 0.268 e. The smallest absolute Gasteiger partial charge is 0.266 e. The molecule has 0 saturated carbocycles. The molecule has 28 heavy (non-hydrogen) atoms. The van der Waals surface area contributed by atoms with Crippen molar-refractivity contribution in [1.82, 2.24) is 9.55 Å². The molecular weight excluding hydrogens is 459 g/mol. The second-order valence-electron chi connectivity index (χ2n) is 6.11. The average molecular weight is 472 g/mol. The van der Waals surface area contributed by atoms with Crippen LogP contribution >= 0.6 is 39.1 Å². The third kappa shape index (κ3) is 3.76. The van der Waals surface area contributed by atoms with E-state index >= 15 is 0 Å². The molecule has 3 nitrogen and oxygen atoms in total. The van der Waals surface area contributed by atoms with Gasteiger partial charge in [0.05, 0.1) is 21.6 Å². The maximum Gasteiger partial charge on any atom is 0.266 e. The van der Waals surface area contributed by atoms with E-state index in [-0.39, 0.29) is 5.56 Å². The van der Waals surface area contributed by atoms with Gasteiger partial charge in [0.25, 0.3) is 5.56 Å². The van der Waals surface area contributed by atoms with Crippen LogP contribution in [0.2, 0.25) is 10.0 Å². The van der Waals surface area contributed by atoms with Crippen molar-refractivity contribution in [1.29, 1.82) is 0 Å². The van der Waals surface area contributed by atoms with Crippen molar-refractivity contribution in [3.8, 4) is 5.69 Å². The number of para-hydroxylation sites is 1. The number of hydrogen-bond acceptors (Lipinski definition) is 2. The molecule has 0 bridgehead atoms. The molecule has 0 aliphatic carbocycles. The second kappa shape index (κ2) is 7.92. The second-order valence-corrected chi connectivity index (χ2v) is 7.87. The highest BCUT2D eigenvalue weighted by Gasteiger charge is 2.13. The number of halogens is 3. The van der Waals surface area contributed by atoms with Gasteiger partial charge in [0.15, 0.2) is 0 Å². The van der Waals surface area contributed by atoms with Crippen molar-refractivity contribution in [2.75, 3.05) is 0 Å². The van der Waals surface area contributed by atoms with E-state index in [9.17, 15) is 4.79 Å². The fourth-order valence-electron chi connectivity index (χ4n) is 2.90. The molecule has 0 amide bonds. The summed E-state index contributed by atoms with van der Waals surface area (Å²) in [5.74, 6) is 0.482. The predicted molar refractivity (Wildman–Crippen MR) is 120 cm³/mol. The van der Waals surface area contributed by atoms with Crippen LogP contribution < -0.4 is 5.56 Å². The van der Waals surface area contributed by atoms with Gasteiger partial charge in [-0.3, -0.25) is 9.36 Å². The topological polar surface area (TPSA) is 34.9 Å². The minimum absolute atomic E-state index is 0.190. The standard InChI is InChI=1S/C22H13BrCl2N2O/c23-15-8-5-14(6-9-15)7-12-21-26-19-4-2-1-3-17(19)22(28)27(21)20-11-10-16(24)13-18(20)25/h1-13H. The van der Waals surface area contributed by atoms with Crippen LogP contribution in [-0.2, 0) is 0 Å². The molecule has 6 heteroatoms. The SMILES string of the molecule is O=c1c2ccccc2nc(C=Cc2ccc(Br)cc2)n1-c1ccc(Cl)cc1Cl. The first kappa shape index (κ1) is 18.9. The van der Waals surface area contributed by atoms with Crippen LogP contribution in [0.1, 0.15) is 11.4 Å².